The van der Waals surface area contributed by atoms with Crippen LogP contribution >= 0.6 is 0 Å². The zero-order chi connectivity index (χ0) is 19.3. The van der Waals surface area contributed by atoms with Gasteiger partial charge in [0.15, 0.2) is 16.9 Å². The minimum absolute atomic E-state index is 0.140. The number of hydrogen-bond acceptors (Lipinski definition) is 3. The lowest BCUT2D eigenvalue weighted by Gasteiger charge is -2.18. The van der Waals surface area contributed by atoms with Crippen LogP contribution in [0, 0.1) is 0 Å². The third kappa shape index (κ3) is 2.54. The van der Waals surface area contributed by atoms with Gasteiger partial charge in [-0.1, -0.05) is 19.9 Å². The summed E-state index contributed by atoms with van der Waals surface area (Å²) in [6.07, 6.45) is 0.631. The second-order valence-electron chi connectivity index (χ2n) is 7.37. The van der Waals surface area contributed by atoms with Crippen LogP contribution in [0.1, 0.15) is 43.4 Å². The number of pyridine rings is 1. The van der Waals surface area contributed by atoms with Crippen LogP contribution in [0.4, 0.5) is 0 Å². The van der Waals surface area contributed by atoms with Gasteiger partial charge in [-0.05, 0) is 48.2 Å². The van der Waals surface area contributed by atoms with Gasteiger partial charge < -0.3 is 14.0 Å². The average molecular weight is 363 g/mol. The smallest absolute Gasteiger partial charge is 0.193 e. The molecule has 0 saturated carbocycles. The average Bonchev–Trinajstić information content (AvgIpc) is 3.05. The molecule has 0 aliphatic heterocycles. The molecule has 0 radical (unpaired) electrons. The molecule has 1 aliphatic rings. The zero-order valence-corrected chi connectivity index (χ0v) is 16.6. The number of benzene rings is 2. The molecule has 0 unspecified atom stereocenters. The van der Waals surface area contributed by atoms with Crippen LogP contribution in [0.25, 0.3) is 22.2 Å². The van der Waals surface area contributed by atoms with Crippen molar-refractivity contribution in [3.8, 4) is 22.8 Å². The molecular weight excluding hydrogens is 338 g/mol. The van der Waals surface area contributed by atoms with Crippen molar-refractivity contribution in [2.24, 2.45) is 0 Å². The fourth-order valence-corrected chi connectivity index (χ4v) is 4.16. The van der Waals surface area contributed by atoms with Crippen LogP contribution < -0.4 is 14.9 Å². The minimum Gasteiger partial charge on any atom is -0.493 e. The van der Waals surface area contributed by atoms with Gasteiger partial charge >= 0.3 is 0 Å². The summed E-state index contributed by atoms with van der Waals surface area (Å²) in [5.74, 6) is 1.78. The van der Waals surface area contributed by atoms with Crippen molar-refractivity contribution in [3.05, 3.63) is 57.2 Å². The number of methoxy groups -OCH3 is 2. The molecule has 4 nitrogen and oxygen atoms in total. The summed E-state index contributed by atoms with van der Waals surface area (Å²) in [4.78, 5) is 13.4. The van der Waals surface area contributed by atoms with E-state index in [2.05, 4.69) is 43.5 Å². The van der Waals surface area contributed by atoms with Crippen LogP contribution in [0.2, 0.25) is 0 Å². The Hall–Kier alpha value is -2.75. The molecule has 1 aliphatic carbocycles. The number of hydrogen-bond donors (Lipinski definition) is 0. The lowest BCUT2D eigenvalue weighted by atomic mass is 9.99. The van der Waals surface area contributed by atoms with E-state index in [-0.39, 0.29) is 5.43 Å². The quantitative estimate of drug-likeness (QED) is 0.526. The second-order valence-corrected chi connectivity index (χ2v) is 7.37. The van der Waals surface area contributed by atoms with Gasteiger partial charge in [-0.15, -0.1) is 0 Å². The van der Waals surface area contributed by atoms with Gasteiger partial charge in [-0.25, -0.2) is 0 Å². The van der Waals surface area contributed by atoms with Gasteiger partial charge in [0.1, 0.15) is 0 Å². The van der Waals surface area contributed by atoms with Crippen molar-refractivity contribution < 1.29 is 9.47 Å². The summed E-state index contributed by atoms with van der Waals surface area (Å²) >= 11 is 0. The highest BCUT2D eigenvalue weighted by atomic mass is 16.5. The Morgan fingerprint density at radius 3 is 2.41 bits per heavy atom. The largest absolute Gasteiger partial charge is 0.493 e. The van der Waals surface area contributed by atoms with Gasteiger partial charge in [0.2, 0.25) is 0 Å². The Morgan fingerprint density at radius 1 is 1.07 bits per heavy atom. The van der Waals surface area contributed by atoms with Crippen molar-refractivity contribution in [1.82, 2.24) is 4.57 Å². The maximum absolute atomic E-state index is 13.4. The minimum atomic E-state index is 0.140. The van der Waals surface area contributed by atoms with Crippen molar-refractivity contribution in [1.29, 1.82) is 0 Å². The van der Waals surface area contributed by atoms with Crippen molar-refractivity contribution in [2.45, 2.75) is 39.7 Å². The lowest BCUT2D eigenvalue weighted by molar-refractivity contribution is 0.355. The van der Waals surface area contributed by atoms with Crippen LogP contribution in [-0.4, -0.2) is 18.8 Å². The second kappa shape index (κ2) is 6.45. The number of nitrogens with zero attached hydrogens (tertiary/aromatic N) is 1. The summed E-state index contributed by atoms with van der Waals surface area (Å²) in [5, 5.41) is 0.813. The maximum atomic E-state index is 13.4. The number of fused-ring (bicyclic) bond motifs is 4. The van der Waals surface area contributed by atoms with E-state index >= 15 is 0 Å². The summed E-state index contributed by atoms with van der Waals surface area (Å²) in [6, 6.07) is 10.3. The molecular formula is C23H25NO3. The summed E-state index contributed by atoms with van der Waals surface area (Å²) in [7, 11) is 3.28. The number of aryl methyl sites for hydroxylation is 1. The monoisotopic (exact) mass is 363 g/mol. The van der Waals surface area contributed by atoms with E-state index in [0.29, 0.717) is 23.8 Å². The Labute approximate surface area is 159 Å². The predicted molar refractivity (Wildman–Crippen MR) is 109 cm³/mol. The van der Waals surface area contributed by atoms with E-state index in [1.807, 2.05) is 12.1 Å². The van der Waals surface area contributed by atoms with Gasteiger partial charge in [-0.3, -0.25) is 4.79 Å². The molecule has 0 bridgehead atoms. The Balaban J connectivity index is 2.06. The fraction of sp³-hybridized carbons (Fsp3) is 0.348. The number of aromatic nitrogens is 1. The van der Waals surface area contributed by atoms with Gasteiger partial charge in [0.05, 0.1) is 25.4 Å². The molecule has 140 valence electrons. The fourth-order valence-electron chi connectivity index (χ4n) is 4.16. The Morgan fingerprint density at radius 2 is 1.78 bits per heavy atom. The van der Waals surface area contributed by atoms with E-state index in [0.717, 1.165) is 39.8 Å². The molecule has 1 aromatic heterocycles. The summed E-state index contributed by atoms with van der Waals surface area (Å²) in [6.45, 7) is 7.23. The highest BCUT2D eigenvalue weighted by Gasteiger charge is 2.28. The van der Waals surface area contributed by atoms with Crippen LogP contribution in [-0.2, 0) is 13.0 Å². The van der Waals surface area contributed by atoms with E-state index in [1.54, 1.807) is 14.2 Å². The van der Waals surface area contributed by atoms with Crippen LogP contribution in [0.5, 0.6) is 11.5 Å². The molecule has 0 N–H and O–H groups in total. The van der Waals surface area contributed by atoms with Crippen molar-refractivity contribution >= 4 is 10.9 Å². The van der Waals surface area contributed by atoms with Crippen LogP contribution in [0.3, 0.4) is 0 Å². The Kier molecular flexibility index (Phi) is 4.22. The topological polar surface area (TPSA) is 40.5 Å². The van der Waals surface area contributed by atoms with E-state index < -0.39 is 0 Å². The summed E-state index contributed by atoms with van der Waals surface area (Å²) in [5.41, 5.74) is 6.40. The molecule has 2 aromatic carbocycles. The van der Waals surface area contributed by atoms with Gasteiger partial charge in [0, 0.05) is 29.5 Å². The van der Waals surface area contributed by atoms with Crippen molar-refractivity contribution in [2.75, 3.05) is 14.2 Å². The van der Waals surface area contributed by atoms with E-state index in [9.17, 15) is 4.79 Å². The third-order valence-corrected chi connectivity index (χ3v) is 5.60. The molecule has 4 heteroatoms. The summed E-state index contributed by atoms with van der Waals surface area (Å²) < 4.78 is 13.2. The van der Waals surface area contributed by atoms with Gasteiger partial charge in [-0.2, -0.15) is 0 Å². The highest BCUT2D eigenvalue weighted by Crippen LogP contribution is 2.42. The molecule has 27 heavy (non-hydrogen) atoms. The van der Waals surface area contributed by atoms with Gasteiger partial charge in [0.25, 0.3) is 0 Å². The lowest BCUT2D eigenvalue weighted by Crippen LogP contribution is -2.15. The molecule has 0 amide bonds. The molecule has 0 saturated heterocycles. The molecule has 4 rings (SSSR count). The SMILES string of the molecule is CCn1c2c(c(=O)c3cc(C(C)C)ccc31)Cc1cc(OC)c(OC)cc1-2. The molecule has 1 heterocycles. The first kappa shape index (κ1) is 17.7. The molecule has 0 spiro atoms. The third-order valence-electron chi connectivity index (χ3n) is 5.60. The first-order chi connectivity index (χ1) is 13.0. The number of rotatable bonds is 4. The zero-order valence-electron chi connectivity index (χ0n) is 16.6. The van der Waals surface area contributed by atoms with E-state index in [4.69, 9.17) is 9.47 Å². The number of ether oxygens (including phenoxy) is 2. The molecule has 0 fully saturated rings. The molecule has 3 aromatic rings. The van der Waals surface area contributed by atoms with Crippen LogP contribution in [0.15, 0.2) is 35.1 Å². The maximum Gasteiger partial charge on any atom is 0.193 e. The molecule has 0 atom stereocenters. The first-order valence-corrected chi connectivity index (χ1v) is 9.44. The van der Waals surface area contributed by atoms with Crippen molar-refractivity contribution in [3.63, 3.8) is 0 Å². The Bertz CT molecular complexity index is 1110. The normalized spacial score (nSPS) is 12.4. The standard InChI is InChI=1S/C23H25NO3/c1-6-24-19-8-7-14(13(2)3)9-17(19)23(25)18-10-15-11-20(26-4)21(27-5)12-16(15)22(18)24/h7-9,11-13H,6,10H2,1-5H3. The van der Waals surface area contributed by atoms with E-state index in [1.165, 1.54) is 5.56 Å². The predicted octanol–water partition coefficient (Wildman–Crippen LogP) is 4.73. The highest BCUT2D eigenvalue weighted by molar-refractivity contribution is 5.88. The first-order valence-electron chi connectivity index (χ1n) is 9.44.